The first-order chi connectivity index (χ1) is 12.6. The highest BCUT2D eigenvalue weighted by atomic mass is 16.5. The van der Waals surface area contributed by atoms with Gasteiger partial charge in [0.15, 0.2) is 11.4 Å². The smallest absolute Gasteiger partial charge is 0.270 e. The lowest BCUT2D eigenvalue weighted by atomic mass is 9.90. The molecule has 2 N–H and O–H groups in total. The van der Waals surface area contributed by atoms with E-state index in [0.717, 1.165) is 11.4 Å². The second kappa shape index (κ2) is 9.74. The van der Waals surface area contributed by atoms with E-state index in [2.05, 4.69) is 10.3 Å². The highest BCUT2D eigenvalue weighted by Gasteiger charge is 2.22. The van der Waals surface area contributed by atoms with E-state index in [1.54, 1.807) is 11.3 Å². The Morgan fingerprint density at radius 2 is 2.15 bits per heavy atom. The van der Waals surface area contributed by atoms with E-state index in [4.69, 9.17) is 4.74 Å². The molecule has 1 atom stereocenters. The number of aliphatic hydroxyl groups excluding tert-OH is 1. The average molecular weight is 376 g/mol. The van der Waals surface area contributed by atoms with Crippen molar-refractivity contribution in [2.24, 2.45) is 5.92 Å². The van der Waals surface area contributed by atoms with Crippen molar-refractivity contribution in [3.05, 3.63) is 29.7 Å². The Morgan fingerprint density at radius 3 is 2.81 bits per heavy atom. The highest BCUT2D eigenvalue weighted by molar-refractivity contribution is 5.95. The minimum absolute atomic E-state index is 0. The van der Waals surface area contributed by atoms with Crippen LogP contribution in [0.15, 0.2) is 18.3 Å². The van der Waals surface area contributed by atoms with E-state index in [1.165, 1.54) is 32.1 Å². The number of hydrogen-bond donors (Lipinski definition) is 2. The van der Waals surface area contributed by atoms with Gasteiger partial charge < -0.3 is 15.2 Å². The summed E-state index contributed by atoms with van der Waals surface area (Å²) in [5.41, 5.74) is 1.94. The third-order valence-corrected chi connectivity index (χ3v) is 5.09. The largest absolute Gasteiger partial charge is 0.489 e. The van der Waals surface area contributed by atoms with Crippen LogP contribution < -0.4 is 10.1 Å². The van der Waals surface area contributed by atoms with Gasteiger partial charge in [0.25, 0.3) is 5.91 Å². The predicted molar refractivity (Wildman–Crippen MR) is 107 cm³/mol. The van der Waals surface area contributed by atoms with E-state index in [-0.39, 0.29) is 26.0 Å². The Morgan fingerprint density at radius 1 is 1.41 bits per heavy atom. The number of nitrogens with one attached hydrogen (secondary N) is 1. The number of fused-ring (bicyclic) bond motifs is 1. The number of pyridine rings is 1. The van der Waals surface area contributed by atoms with Crippen LogP contribution in [-0.2, 0) is 6.42 Å². The maximum Gasteiger partial charge on any atom is 0.270 e. The van der Waals surface area contributed by atoms with E-state index >= 15 is 0 Å². The molecule has 2 aromatic rings. The second-order valence-corrected chi connectivity index (χ2v) is 7.20. The minimum atomic E-state index is -0.302. The normalized spacial score (nSPS) is 16.0. The van der Waals surface area contributed by atoms with Gasteiger partial charge in [0.1, 0.15) is 5.69 Å². The molecule has 0 aromatic carbocycles. The van der Waals surface area contributed by atoms with Gasteiger partial charge >= 0.3 is 0 Å². The van der Waals surface area contributed by atoms with Crippen LogP contribution in [0.25, 0.3) is 5.65 Å². The summed E-state index contributed by atoms with van der Waals surface area (Å²) < 4.78 is 7.90. The monoisotopic (exact) mass is 375 g/mol. The van der Waals surface area contributed by atoms with Crippen LogP contribution in [0, 0.1) is 5.92 Å². The molecule has 0 aliphatic heterocycles. The quantitative estimate of drug-likeness (QED) is 0.775. The van der Waals surface area contributed by atoms with E-state index < -0.39 is 0 Å². The van der Waals surface area contributed by atoms with Crippen LogP contribution in [0.1, 0.15) is 69.6 Å². The molecule has 6 heteroatoms. The molecule has 0 saturated heterocycles. The summed E-state index contributed by atoms with van der Waals surface area (Å²) in [5, 5.41) is 12.0. The molecule has 3 rings (SSSR count). The lowest BCUT2D eigenvalue weighted by molar-refractivity contribution is 0.0915. The number of carbonyl (C=O) groups is 1. The van der Waals surface area contributed by atoms with Crippen LogP contribution in [0.4, 0.5) is 0 Å². The summed E-state index contributed by atoms with van der Waals surface area (Å²) in [6.07, 6.45) is 8.85. The van der Waals surface area contributed by atoms with Gasteiger partial charge in [0.05, 0.1) is 18.9 Å². The molecule has 150 valence electrons. The summed E-state index contributed by atoms with van der Waals surface area (Å²) >= 11 is 0. The summed E-state index contributed by atoms with van der Waals surface area (Å²) in [6.45, 7) is 4.36. The van der Waals surface area contributed by atoms with Crippen molar-refractivity contribution in [1.82, 2.24) is 14.7 Å². The molecule has 27 heavy (non-hydrogen) atoms. The molecule has 1 fully saturated rings. The van der Waals surface area contributed by atoms with Gasteiger partial charge in [-0.3, -0.25) is 9.20 Å². The van der Waals surface area contributed by atoms with Gasteiger partial charge in [-0.15, -0.1) is 0 Å². The van der Waals surface area contributed by atoms with Crippen molar-refractivity contribution in [2.45, 2.75) is 65.8 Å². The van der Waals surface area contributed by atoms with Gasteiger partial charge in [0.2, 0.25) is 0 Å². The fraction of sp³-hybridized carbons (Fsp3) is 0.619. The van der Waals surface area contributed by atoms with Crippen molar-refractivity contribution >= 4 is 11.6 Å². The van der Waals surface area contributed by atoms with E-state index in [0.29, 0.717) is 30.3 Å². The number of aliphatic hydroxyl groups is 1. The molecule has 0 radical (unpaired) electrons. The standard InChI is InChI=1S/C20H29N3O3.CH4/c1-3-16-18(20(25)21-14(2)12-24)23-11-7-10-17(19(23)22-16)26-13-15-8-5-4-6-9-15;/h7,10-11,14-15,24H,3-6,8-9,12-13H2,1-2H3,(H,21,25);1H4/t14-;/m1./s1. The molecule has 1 amide bonds. The van der Waals surface area contributed by atoms with Gasteiger partial charge in [-0.2, -0.15) is 0 Å². The van der Waals surface area contributed by atoms with Crippen molar-refractivity contribution in [1.29, 1.82) is 0 Å². The van der Waals surface area contributed by atoms with Crippen molar-refractivity contribution in [3.8, 4) is 5.75 Å². The molecule has 0 bridgehead atoms. The van der Waals surface area contributed by atoms with Crippen LogP contribution in [0.3, 0.4) is 0 Å². The number of aryl methyl sites for hydroxylation is 1. The number of rotatable bonds is 7. The van der Waals surface area contributed by atoms with Crippen LogP contribution >= 0.6 is 0 Å². The zero-order valence-corrected chi connectivity index (χ0v) is 15.7. The summed E-state index contributed by atoms with van der Waals surface area (Å²) in [7, 11) is 0. The number of amides is 1. The molecule has 2 aromatic heterocycles. The Labute approximate surface area is 161 Å². The highest BCUT2D eigenvalue weighted by Crippen LogP contribution is 2.27. The molecule has 2 heterocycles. The first-order valence-corrected chi connectivity index (χ1v) is 9.68. The number of nitrogens with zero attached hydrogens (tertiary/aromatic N) is 2. The first kappa shape index (κ1) is 21.2. The number of carbonyl (C=O) groups excluding carboxylic acids is 1. The first-order valence-electron chi connectivity index (χ1n) is 9.68. The molecule has 0 spiro atoms. The molecular formula is C21H33N3O3. The fourth-order valence-electron chi connectivity index (χ4n) is 3.59. The number of hydrogen-bond acceptors (Lipinski definition) is 4. The predicted octanol–water partition coefficient (Wildman–Crippen LogP) is 3.60. The lowest BCUT2D eigenvalue weighted by Crippen LogP contribution is -2.36. The summed E-state index contributed by atoms with van der Waals surface area (Å²) in [5.74, 6) is 1.11. The molecule has 0 unspecified atom stereocenters. The van der Waals surface area contributed by atoms with Crippen LogP contribution in [-0.4, -0.2) is 39.7 Å². The zero-order chi connectivity index (χ0) is 18.5. The molecule has 1 aliphatic rings. The molecule has 1 aliphatic carbocycles. The van der Waals surface area contributed by atoms with Crippen molar-refractivity contribution in [2.75, 3.05) is 13.2 Å². The molecule has 1 saturated carbocycles. The van der Waals surface area contributed by atoms with Gasteiger partial charge in [-0.1, -0.05) is 33.6 Å². The van der Waals surface area contributed by atoms with Crippen molar-refractivity contribution < 1.29 is 14.6 Å². The summed E-state index contributed by atoms with van der Waals surface area (Å²) in [4.78, 5) is 17.3. The minimum Gasteiger partial charge on any atom is -0.489 e. The van der Waals surface area contributed by atoms with Gasteiger partial charge in [-0.25, -0.2) is 4.98 Å². The van der Waals surface area contributed by atoms with Crippen LogP contribution in [0.5, 0.6) is 5.75 Å². The van der Waals surface area contributed by atoms with Crippen LogP contribution in [0.2, 0.25) is 0 Å². The molecular weight excluding hydrogens is 342 g/mol. The summed E-state index contributed by atoms with van der Waals surface area (Å²) in [6, 6.07) is 3.50. The van der Waals surface area contributed by atoms with Gasteiger partial charge in [0, 0.05) is 12.2 Å². The maximum absolute atomic E-state index is 12.7. The van der Waals surface area contributed by atoms with Crippen molar-refractivity contribution in [3.63, 3.8) is 0 Å². The number of imidazole rings is 1. The number of ether oxygens (including phenoxy) is 1. The topological polar surface area (TPSA) is 75.9 Å². The maximum atomic E-state index is 12.7. The Hall–Kier alpha value is -2.08. The number of aromatic nitrogens is 2. The third kappa shape index (κ3) is 4.80. The van der Waals surface area contributed by atoms with E-state index in [9.17, 15) is 9.90 Å². The third-order valence-electron chi connectivity index (χ3n) is 5.09. The Kier molecular flexibility index (Phi) is 7.66. The van der Waals surface area contributed by atoms with E-state index in [1.807, 2.05) is 25.3 Å². The Bertz CT molecular complexity index is 750. The average Bonchev–Trinajstić information content (AvgIpc) is 3.06. The van der Waals surface area contributed by atoms with Gasteiger partial charge in [-0.05, 0) is 44.2 Å². The zero-order valence-electron chi connectivity index (χ0n) is 15.7. The fourth-order valence-corrected chi connectivity index (χ4v) is 3.59. The second-order valence-electron chi connectivity index (χ2n) is 7.20. The Balaban J connectivity index is 0.00000261. The molecule has 6 nitrogen and oxygen atoms in total. The SMILES string of the molecule is C.CCc1nc2c(OCC3CCCCC3)cccn2c1C(=O)N[C@H](C)CO. The lowest BCUT2D eigenvalue weighted by Gasteiger charge is -2.21.